The van der Waals surface area contributed by atoms with Crippen LogP contribution in [0.4, 0.5) is 5.69 Å². The Hall–Kier alpha value is -2.27. The lowest BCUT2D eigenvalue weighted by molar-refractivity contribution is -0.124. The smallest absolute Gasteiger partial charge is 0.224 e. The summed E-state index contributed by atoms with van der Waals surface area (Å²) in [4.78, 5) is 23.9. The largest absolute Gasteiger partial charge is 0.376 e. The van der Waals surface area contributed by atoms with Gasteiger partial charge in [-0.1, -0.05) is 30.7 Å². The Morgan fingerprint density at radius 3 is 2.64 bits per heavy atom. The highest BCUT2D eigenvalue weighted by atomic mass is 32.2. The predicted octanol–water partition coefficient (Wildman–Crippen LogP) is 4.74. The first-order valence-electron chi connectivity index (χ1n) is 9.76. The summed E-state index contributed by atoms with van der Waals surface area (Å²) >= 11 is 1.70. The van der Waals surface area contributed by atoms with Crippen LogP contribution in [0.1, 0.15) is 53.4 Å². The number of benzene rings is 2. The van der Waals surface area contributed by atoms with Crippen molar-refractivity contribution < 1.29 is 9.59 Å². The van der Waals surface area contributed by atoms with Crippen molar-refractivity contribution in [3.63, 3.8) is 0 Å². The standard InChI is InChI=1S/C23H28N2O2S/c1-15-4-10-21-19(12-15)7-11-22(21)25-23(27)16(2)13-28-14-24-20-8-5-18(6-9-20)17(3)26/h4-6,8-10,12,16,22,24H,7,11,13-14H2,1-3H3,(H,25,27). The van der Waals surface area contributed by atoms with Gasteiger partial charge in [-0.2, -0.15) is 0 Å². The number of aryl methyl sites for hydroxylation is 2. The number of hydrogen-bond acceptors (Lipinski definition) is 4. The lowest BCUT2D eigenvalue weighted by Crippen LogP contribution is -2.33. The summed E-state index contributed by atoms with van der Waals surface area (Å²) in [5, 5.41) is 6.54. The van der Waals surface area contributed by atoms with Gasteiger partial charge in [0.05, 0.1) is 11.9 Å². The highest BCUT2D eigenvalue weighted by molar-refractivity contribution is 7.99. The fraction of sp³-hybridized carbons (Fsp3) is 0.391. The number of nitrogens with one attached hydrogen (secondary N) is 2. The van der Waals surface area contributed by atoms with Gasteiger partial charge in [-0.25, -0.2) is 0 Å². The molecule has 0 radical (unpaired) electrons. The van der Waals surface area contributed by atoms with E-state index in [2.05, 4.69) is 35.8 Å². The number of hydrogen-bond donors (Lipinski definition) is 2. The fourth-order valence-electron chi connectivity index (χ4n) is 3.48. The molecule has 0 saturated heterocycles. The highest BCUT2D eigenvalue weighted by Gasteiger charge is 2.25. The number of ketones is 1. The maximum atomic E-state index is 12.6. The molecule has 3 rings (SSSR count). The van der Waals surface area contributed by atoms with E-state index >= 15 is 0 Å². The highest BCUT2D eigenvalue weighted by Crippen LogP contribution is 2.32. The summed E-state index contributed by atoms with van der Waals surface area (Å²) in [5.41, 5.74) is 5.61. The van der Waals surface area contributed by atoms with Gasteiger partial charge >= 0.3 is 0 Å². The molecule has 0 aliphatic heterocycles. The quantitative estimate of drug-likeness (QED) is 0.384. The molecule has 2 atom stereocenters. The Morgan fingerprint density at radius 1 is 1.18 bits per heavy atom. The zero-order chi connectivity index (χ0) is 20.1. The third kappa shape index (κ3) is 5.16. The van der Waals surface area contributed by atoms with Crippen molar-refractivity contribution in [2.75, 3.05) is 16.9 Å². The molecule has 148 valence electrons. The van der Waals surface area contributed by atoms with Crippen LogP contribution in [0.3, 0.4) is 0 Å². The first-order valence-corrected chi connectivity index (χ1v) is 10.9. The van der Waals surface area contributed by atoms with E-state index in [9.17, 15) is 9.59 Å². The van der Waals surface area contributed by atoms with Crippen molar-refractivity contribution in [1.82, 2.24) is 5.32 Å². The van der Waals surface area contributed by atoms with E-state index in [0.29, 0.717) is 5.56 Å². The molecule has 2 N–H and O–H groups in total. The van der Waals surface area contributed by atoms with Crippen molar-refractivity contribution in [1.29, 1.82) is 0 Å². The number of rotatable bonds is 8. The number of carbonyl (C=O) groups excluding carboxylic acids is 2. The normalized spacial score (nSPS) is 16.3. The molecule has 5 heteroatoms. The number of Topliss-reactive ketones (excluding diaryl/α,β-unsaturated/α-hetero) is 1. The van der Waals surface area contributed by atoms with Crippen LogP contribution in [-0.2, 0) is 11.2 Å². The molecule has 2 aromatic rings. The molecular weight excluding hydrogens is 368 g/mol. The Balaban J connectivity index is 1.41. The molecule has 28 heavy (non-hydrogen) atoms. The average molecular weight is 397 g/mol. The third-order valence-corrected chi connectivity index (χ3v) is 6.26. The van der Waals surface area contributed by atoms with E-state index in [4.69, 9.17) is 0 Å². The molecule has 0 heterocycles. The summed E-state index contributed by atoms with van der Waals surface area (Å²) < 4.78 is 0. The average Bonchev–Trinajstić information content (AvgIpc) is 3.07. The number of anilines is 1. The SMILES string of the molecule is CC(=O)c1ccc(NCSCC(C)C(=O)NC2CCc3cc(C)ccc32)cc1. The number of fused-ring (bicyclic) bond motifs is 1. The monoisotopic (exact) mass is 396 g/mol. The van der Waals surface area contributed by atoms with Crippen LogP contribution in [0, 0.1) is 12.8 Å². The van der Waals surface area contributed by atoms with Gasteiger partial charge < -0.3 is 10.6 Å². The first kappa shape index (κ1) is 20.5. The molecule has 1 aliphatic rings. The van der Waals surface area contributed by atoms with E-state index in [0.717, 1.165) is 30.2 Å². The second kappa shape index (κ2) is 9.28. The Kier molecular flexibility index (Phi) is 6.79. The van der Waals surface area contributed by atoms with Crippen molar-refractivity contribution >= 4 is 29.1 Å². The summed E-state index contributed by atoms with van der Waals surface area (Å²) in [7, 11) is 0. The van der Waals surface area contributed by atoms with Gasteiger partial charge in [0, 0.05) is 22.9 Å². The summed E-state index contributed by atoms with van der Waals surface area (Å²) in [6.07, 6.45) is 2.03. The lowest BCUT2D eigenvalue weighted by atomic mass is 10.0. The molecule has 1 amide bonds. The Morgan fingerprint density at radius 2 is 1.93 bits per heavy atom. The van der Waals surface area contributed by atoms with Crippen LogP contribution in [0.2, 0.25) is 0 Å². The van der Waals surface area contributed by atoms with Gasteiger partial charge in [-0.15, -0.1) is 11.8 Å². The number of thioether (sulfide) groups is 1. The predicted molar refractivity (Wildman–Crippen MR) is 117 cm³/mol. The van der Waals surface area contributed by atoms with Crippen molar-refractivity contribution in [2.45, 2.75) is 39.7 Å². The third-order valence-electron chi connectivity index (χ3n) is 5.18. The fourth-order valence-corrected chi connectivity index (χ4v) is 4.37. The van der Waals surface area contributed by atoms with Gasteiger partial charge in [-0.3, -0.25) is 9.59 Å². The van der Waals surface area contributed by atoms with Crippen molar-refractivity contribution in [3.8, 4) is 0 Å². The molecule has 2 aromatic carbocycles. The van der Waals surface area contributed by atoms with Crippen LogP contribution in [0.25, 0.3) is 0 Å². The van der Waals surface area contributed by atoms with E-state index in [1.165, 1.54) is 16.7 Å². The van der Waals surface area contributed by atoms with E-state index in [1.807, 2.05) is 31.2 Å². The van der Waals surface area contributed by atoms with E-state index in [1.54, 1.807) is 18.7 Å². The van der Waals surface area contributed by atoms with Crippen LogP contribution < -0.4 is 10.6 Å². The Labute approximate surface area is 171 Å². The molecule has 0 spiro atoms. The van der Waals surface area contributed by atoms with Crippen LogP contribution in [0.5, 0.6) is 0 Å². The minimum absolute atomic E-state index is 0.0404. The molecule has 4 nitrogen and oxygen atoms in total. The topological polar surface area (TPSA) is 58.2 Å². The van der Waals surface area contributed by atoms with Gasteiger partial charge in [0.1, 0.15) is 0 Å². The lowest BCUT2D eigenvalue weighted by Gasteiger charge is -2.18. The second-order valence-electron chi connectivity index (χ2n) is 7.53. The maximum absolute atomic E-state index is 12.6. The van der Waals surface area contributed by atoms with Crippen LogP contribution in [0.15, 0.2) is 42.5 Å². The van der Waals surface area contributed by atoms with E-state index < -0.39 is 0 Å². The molecule has 0 saturated carbocycles. The number of carbonyl (C=O) groups is 2. The molecule has 0 bridgehead atoms. The minimum Gasteiger partial charge on any atom is -0.376 e. The summed E-state index contributed by atoms with van der Waals surface area (Å²) in [5.74, 6) is 1.64. The van der Waals surface area contributed by atoms with Crippen molar-refractivity contribution in [3.05, 3.63) is 64.7 Å². The van der Waals surface area contributed by atoms with Gasteiger partial charge in [-0.05, 0) is 62.1 Å². The molecule has 0 fully saturated rings. The second-order valence-corrected chi connectivity index (χ2v) is 8.56. The molecular formula is C23H28N2O2S. The van der Waals surface area contributed by atoms with Gasteiger partial charge in [0.15, 0.2) is 5.78 Å². The summed E-state index contributed by atoms with van der Waals surface area (Å²) in [6, 6.07) is 14.1. The van der Waals surface area contributed by atoms with E-state index in [-0.39, 0.29) is 23.7 Å². The van der Waals surface area contributed by atoms with Crippen LogP contribution in [-0.4, -0.2) is 23.3 Å². The Bertz CT molecular complexity index is 848. The first-order chi connectivity index (χ1) is 13.4. The zero-order valence-electron chi connectivity index (χ0n) is 16.7. The van der Waals surface area contributed by atoms with Gasteiger partial charge in [0.25, 0.3) is 0 Å². The zero-order valence-corrected chi connectivity index (χ0v) is 17.6. The summed E-state index contributed by atoms with van der Waals surface area (Å²) in [6.45, 7) is 5.65. The number of amides is 1. The van der Waals surface area contributed by atoms with Gasteiger partial charge in [0.2, 0.25) is 5.91 Å². The molecule has 0 aromatic heterocycles. The minimum atomic E-state index is -0.0404. The maximum Gasteiger partial charge on any atom is 0.224 e. The van der Waals surface area contributed by atoms with Crippen LogP contribution >= 0.6 is 11.8 Å². The van der Waals surface area contributed by atoms with Crippen molar-refractivity contribution in [2.24, 2.45) is 5.92 Å². The molecule has 1 aliphatic carbocycles. The molecule has 2 unspecified atom stereocenters.